The summed E-state index contributed by atoms with van der Waals surface area (Å²) in [5, 5.41) is 9.75. The summed E-state index contributed by atoms with van der Waals surface area (Å²) >= 11 is 0. The number of carboxylic acid groups (broad SMARTS) is 1. The van der Waals surface area contributed by atoms with Gasteiger partial charge in [0.1, 0.15) is 17.2 Å². The zero-order chi connectivity index (χ0) is 23.1. The zero-order valence-corrected chi connectivity index (χ0v) is 18.8. The number of aryl methyl sites for hydroxylation is 1. The van der Waals surface area contributed by atoms with E-state index in [0.717, 1.165) is 17.5 Å². The Morgan fingerprint density at radius 3 is 2.62 bits per heavy atom. The summed E-state index contributed by atoms with van der Waals surface area (Å²) in [5.41, 5.74) is 2.37. The first-order chi connectivity index (χ1) is 15.4. The van der Waals surface area contributed by atoms with Gasteiger partial charge in [0.15, 0.2) is 5.78 Å². The quantitative estimate of drug-likeness (QED) is 0.406. The molecule has 3 rings (SSSR count). The van der Waals surface area contributed by atoms with Gasteiger partial charge in [-0.2, -0.15) is 0 Å². The van der Waals surface area contributed by atoms with Crippen LogP contribution < -0.4 is 14.2 Å². The van der Waals surface area contributed by atoms with Crippen molar-refractivity contribution in [2.45, 2.75) is 51.7 Å². The average Bonchev–Trinajstić information content (AvgIpc) is 2.79. The number of para-hydroxylation sites is 1. The van der Waals surface area contributed by atoms with Crippen molar-refractivity contribution in [2.24, 2.45) is 0 Å². The Kier molecular flexibility index (Phi) is 7.75. The van der Waals surface area contributed by atoms with Crippen molar-refractivity contribution in [3.63, 3.8) is 0 Å². The van der Waals surface area contributed by atoms with Crippen LogP contribution in [-0.2, 0) is 22.4 Å². The summed E-state index contributed by atoms with van der Waals surface area (Å²) in [7, 11) is 1.55. The van der Waals surface area contributed by atoms with Crippen LogP contribution in [-0.4, -0.2) is 43.0 Å². The third-order valence-electron chi connectivity index (χ3n) is 5.48. The molecule has 7 nitrogen and oxygen atoms in total. The molecule has 1 atom stereocenters. The SMILES string of the molecule is CCCc1c(OCCCOC2(C(=O)O)CCc3ccccc3O2)ccc(C(C)=O)c1OC. The van der Waals surface area contributed by atoms with Gasteiger partial charge >= 0.3 is 11.8 Å². The Balaban J connectivity index is 1.61. The number of hydrogen-bond acceptors (Lipinski definition) is 6. The summed E-state index contributed by atoms with van der Waals surface area (Å²) in [6, 6.07) is 10.9. The van der Waals surface area contributed by atoms with Gasteiger partial charge in [-0.3, -0.25) is 4.79 Å². The third kappa shape index (κ3) is 5.05. The van der Waals surface area contributed by atoms with Gasteiger partial charge in [0.25, 0.3) is 0 Å². The topological polar surface area (TPSA) is 91.3 Å². The fourth-order valence-corrected chi connectivity index (χ4v) is 3.87. The van der Waals surface area contributed by atoms with Gasteiger partial charge < -0.3 is 24.1 Å². The molecule has 172 valence electrons. The molecule has 0 radical (unpaired) electrons. The number of ketones is 1. The highest BCUT2D eigenvalue weighted by atomic mass is 16.7. The van der Waals surface area contributed by atoms with Gasteiger partial charge in [-0.1, -0.05) is 31.5 Å². The second kappa shape index (κ2) is 10.5. The maximum absolute atomic E-state index is 11.9. The van der Waals surface area contributed by atoms with Crippen molar-refractivity contribution >= 4 is 11.8 Å². The standard InChI is InChI=1S/C25H30O7/c1-4-8-20-22(12-11-19(17(2)26)23(20)29-3)30-15-7-16-31-25(24(27)28)14-13-18-9-5-6-10-21(18)32-25/h5-6,9-12H,4,7-8,13-16H2,1-3H3,(H,27,28). The highest BCUT2D eigenvalue weighted by Crippen LogP contribution is 2.35. The van der Waals surface area contributed by atoms with Crippen molar-refractivity contribution in [3.8, 4) is 17.2 Å². The number of carboxylic acids is 1. The molecule has 7 heteroatoms. The third-order valence-corrected chi connectivity index (χ3v) is 5.48. The fourth-order valence-electron chi connectivity index (χ4n) is 3.87. The van der Waals surface area contributed by atoms with E-state index in [9.17, 15) is 14.7 Å². The van der Waals surface area contributed by atoms with E-state index in [1.54, 1.807) is 25.3 Å². The Labute approximate surface area is 188 Å². The number of aliphatic carboxylic acids is 1. The number of methoxy groups -OCH3 is 1. The van der Waals surface area contributed by atoms with Crippen molar-refractivity contribution in [3.05, 3.63) is 53.1 Å². The second-order valence-electron chi connectivity index (χ2n) is 7.75. The van der Waals surface area contributed by atoms with Gasteiger partial charge in [0.2, 0.25) is 0 Å². The monoisotopic (exact) mass is 442 g/mol. The van der Waals surface area contributed by atoms with Crippen molar-refractivity contribution in [2.75, 3.05) is 20.3 Å². The molecule has 0 saturated heterocycles. The number of carbonyl (C=O) groups is 2. The van der Waals surface area contributed by atoms with Crippen molar-refractivity contribution in [1.82, 2.24) is 0 Å². The van der Waals surface area contributed by atoms with Crippen LogP contribution in [0.15, 0.2) is 36.4 Å². The molecule has 1 N–H and O–H groups in total. The highest BCUT2D eigenvalue weighted by molar-refractivity contribution is 5.97. The van der Waals surface area contributed by atoms with E-state index >= 15 is 0 Å². The minimum Gasteiger partial charge on any atom is -0.496 e. The first-order valence-electron chi connectivity index (χ1n) is 10.9. The van der Waals surface area contributed by atoms with E-state index in [1.807, 2.05) is 25.1 Å². The minimum atomic E-state index is -1.69. The van der Waals surface area contributed by atoms with Crippen LogP contribution in [0.5, 0.6) is 17.2 Å². The summed E-state index contributed by atoms with van der Waals surface area (Å²) in [6.45, 7) is 4.05. The fraction of sp³-hybridized carbons (Fsp3) is 0.440. The first kappa shape index (κ1) is 23.6. The van der Waals surface area contributed by atoms with Gasteiger partial charge in [-0.25, -0.2) is 4.79 Å². The van der Waals surface area contributed by atoms with Crippen LogP contribution in [0.25, 0.3) is 0 Å². The lowest BCUT2D eigenvalue weighted by Crippen LogP contribution is -2.49. The maximum Gasteiger partial charge on any atom is 0.377 e. The molecule has 1 aliphatic heterocycles. The first-order valence-corrected chi connectivity index (χ1v) is 10.9. The number of rotatable bonds is 11. The largest absolute Gasteiger partial charge is 0.496 e. The Morgan fingerprint density at radius 1 is 1.16 bits per heavy atom. The van der Waals surface area contributed by atoms with Crippen LogP contribution in [0.4, 0.5) is 0 Å². The molecule has 0 aromatic heterocycles. The molecule has 1 unspecified atom stereocenters. The van der Waals surface area contributed by atoms with Gasteiger partial charge in [0.05, 0.1) is 25.9 Å². The lowest BCUT2D eigenvalue weighted by atomic mass is 9.99. The number of carbonyl (C=O) groups excluding carboxylic acids is 1. The Bertz CT molecular complexity index is 969. The highest BCUT2D eigenvalue weighted by Gasteiger charge is 2.45. The molecule has 2 aromatic carbocycles. The lowest BCUT2D eigenvalue weighted by molar-refractivity contribution is -0.218. The van der Waals surface area contributed by atoms with Gasteiger partial charge in [0, 0.05) is 18.4 Å². The second-order valence-corrected chi connectivity index (χ2v) is 7.75. The van der Waals surface area contributed by atoms with Crippen LogP contribution >= 0.6 is 0 Å². The predicted octanol–water partition coefficient (Wildman–Crippen LogP) is 4.44. The molecule has 2 aromatic rings. The van der Waals surface area contributed by atoms with Crippen LogP contribution in [0.1, 0.15) is 54.6 Å². The molecule has 0 amide bonds. The molecule has 0 bridgehead atoms. The maximum atomic E-state index is 11.9. The van der Waals surface area contributed by atoms with E-state index in [-0.39, 0.29) is 18.8 Å². The average molecular weight is 443 g/mol. The van der Waals surface area contributed by atoms with Crippen LogP contribution in [0, 0.1) is 0 Å². The lowest BCUT2D eigenvalue weighted by Gasteiger charge is -2.34. The summed E-state index contributed by atoms with van der Waals surface area (Å²) < 4.78 is 22.9. The number of Topliss-reactive ketones (excluding diaryl/α,β-unsaturated/α-hetero) is 1. The molecule has 1 heterocycles. The summed E-state index contributed by atoms with van der Waals surface area (Å²) in [4.78, 5) is 23.8. The molecular formula is C25H30O7. The van der Waals surface area contributed by atoms with E-state index < -0.39 is 11.8 Å². The molecule has 0 spiro atoms. The molecule has 0 aliphatic carbocycles. The van der Waals surface area contributed by atoms with Crippen LogP contribution in [0.2, 0.25) is 0 Å². The molecule has 0 saturated carbocycles. The van der Waals surface area contributed by atoms with Crippen molar-refractivity contribution < 1.29 is 33.6 Å². The van der Waals surface area contributed by atoms with Crippen LogP contribution in [0.3, 0.4) is 0 Å². The Morgan fingerprint density at radius 2 is 1.94 bits per heavy atom. The van der Waals surface area contributed by atoms with E-state index in [2.05, 4.69) is 0 Å². The van der Waals surface area contributed by atoms with Crippen molar-refractivity contribution in [1.29, 1.82) is 0 Å². The molecule has 32 heavy (non-hydrogen) atoms. The summed E-state index contributed by atoms with van der Waals surface area (Å²) in [5.74, 6) is -1.14. The van der Waals surface area contributed by atoms with E-state index in [4.69, 9.17) is 18.9 Å². The minimum absolute atomic E-state index is 0.0628. The van der Waals surface area contributed by atoms with E-state index in [0.29, 0.717) is 48.7 Å². The number of fused-ring (bicyclic) bond motifs is 1. The van der Waals surface area contributed by atoms with Gasteiger partial charge in [-0.05, 0) is 43.5 Å². The predicted molar refractivity (Wildman–Crippen MR) is 119 cm³/mol. The van der Waals surface area contributed by atoms with Gasteiger partial charge in [-0.15, -0.1) is 0 Å². The molecule has 1 aliphatic rings. The summed E-state index contributed by atoms with van der Waals surface area (Å²) in [6.07, 6.45) is 2.87. The molecular weight excluding hydrogens is 412 g/mol. The number of benzene rings is 2. The number of hydrogen-bond donors (Lipinski definition) is 1. The normalized spacial score (nSPS) is 17.2. The Hall–Kier alpha value is -3.06. The zero-order valence-electron chi connectivity index (χ0n) is 18.8. The number of ether oxygens (including phenoxy) is 4. The molecule has 0 fully saturated rings. The smallest absolute Gasteiger partial charge is 0.377 e. The van der Waals surface area contributed by atoms with E-state index in [1.165, 1.54) is 6.92 Å².